The summed E-state index contributed by atoms with van der Waals surface area (Å²) in [7, 11) is 2.06. The third-order valence-electron chi connectivity index (χ3n) is 3.29. The van der Waals surface area contributed by atoms with Gasteiger partial charge in [-0.3, -0.25) is 0 Å². The second-order valence-electron chi connectivity index (χ2n) is 4.74. The highest BCUT2D eigenvalue weighted by Gasteiger charge is 2.03. The maximum atomic E-state index is 3.29. The van der Waals surface area contributed by atoms with E-state index in [0.717, 1.165) is 5.92 Å². The van der Waals surface area contributed by atoms with E-state index in [4.69, 9.17) is 0 Å². The van der Waals surface area contributed by atoms with Gasteiger partial charge in [-0.25, -0.2) is 0 Å². The normalized spacial score (nSPS) is 13.0. The number of hydrogen-bond acceptors (Lipinski definition) is 1. The number of unbranched alkanes of at least 4 members (excludes halogenated alkanes) is 6. The quantitative estimate of drug-likeness (QED) is 0.502. The number of rotatable bonds is 11. The molecule has 0 amide bonds. The lowest BCUT2D eigenvalue weighted by Crippen LogP contribution is -2.18. The Labute approximate surface area is 97.0 Å². The van der Waals surface area contributed by atoms with E-state index in [1.54, 1.807) is 0 Å². The van der Waals surface area contributed by atoms with Gasteiger partial charge in [0.25, 0.3) is 0 Å². The van der Waals surface area contributed by atoms with Crippen molar-refractivity contribution < 1.29 is 0 Å². The minimum atomic E-state index is 0.908. The molecule has 0 heterocycles. The summed E-state index contributed by atoms with van der Waals surface area (Å²) in [5.74, 6) is 0.908. The molecule has 1 N–H and O–H groups in total. The van der Waals surface area contributed by atoms with Crippen LogP contribution in [0.2, 0.25) is 0 Å². The third-order valence-corrected chi connectivity index (χ3v) is 3.29. The number of hydrogen-bond donors (Lipinski definition) is 1. The highest BCUT2D eigenvalue weighted by atomic mass is 14.8. The number of nitrogens with one attached hydrogen (secondary N) is 1. The van der Waals surface area contributed by atoms with Crippen LogP contribution in [0.25, 0.3) is 0 Å². The second kappa shape index (κ2) is 12.0. The molecule has 0 spiro atoms. The summed E-state index contributed by atoms with van der Waals surface area (Å²) in [6.45, 7) is 5.79. The van der Waals surface area contributed by atoms with E-state index in [1.807, 2.05) is 0 Å². The first kappa shape index (κ1) is 15.0. The van der Waals surface area contributed by atoms with Crippen LogP contribution in [0.1, 0.15) is 71.6 Å². The van der Waals surface area contributed by atoms with Crippen LogP contribution in [-0.2, 0) is 0 Å². The molecule has 0 radical (unpaired) electrons. The van der Waals surface area contributed by atoms with Crippen LogP contribution in [0.4, 0.5) is 0 Å². The van der Waals surface area contributed by atoms with Crippen molar-refractivity contribution in [1.29, 1.82) is 0 Å². The predicted molar refractivity (Wildman–Crippen MR) is 70.3 cm³/mol. The topological polar surface area (TPSA) is 12.0 Å². The Morgan fingerprint density at radius 2 is 1.47 bits per heavy atom. The minimum Gasteiger partial charge on any atom is -0.319 e. The molecule has 0 fully saturated rings. The zero-order chi connectivity index (χ0) is 11.4. The molecule has 1 nitrogen and oxygen atoms in total. The molecule has 1 heteroatoms. The zero-order valence-corrected chi connectivity index (χ0v) is 11.1. The van der Waals surface area contributed by atoms with Crippen LogP contribution < -0.4 is 5.32 Å². The van der Waals surface area contributed by atoms with E-state index >= 15 is 0 Å². The molecule has 0 bridgehead atoms. The molecule has 0 aromatic rings. The van der Waals surface area contributed by atoms with Gasteiger partial charge in [-0.2, -0.15) is 0 Å². The first-order valence-electron chi connectivity index (χ1n) is 6.99. The average molecular weight is 213 g/mol. The third kappa shape index (κ3) is 10.2. The van der Waals surface area contributed by atoms with Crippen LogP contribution in [0.5, 0.6) is 0 Å². The van der Waals surface area contributed by atoms with Crippen molar-refractivity contribution in [2.24, 2.45) is 5.92 Å². The Kier molecular flexibility index (Phi) is 12.0. The van der Waals surface area contributed by atoms with Crippen LogP contribution in [0.15, 0.2) is 0 Å². The largest absolute Gasteiger partial charge is 0.319 e. The van der Waals surface area contributed by atoms with Gasteiger partial charge in [0.15, 0.2) is 0 Å². The summed E-state index contributed by atoms with van der Waals surface area (Å²) in [4.78, 5) is 0. The minimum absolute atomic E-state index is 0.908. The van der Waals surface area contributed by atoms with Crippen molar-refractivity contribution in [2.45, 2.75) is 71.6 Å². The fourth-order valence-corrected chi connectivity index (χ4v) is 2.13. The molecule has 1 unspecified atom stereocenters. The molecular formula is C14H31N. The Hall–Kier alpha value is -0.0400. The van der Waals surface area contributed by atoms with Gasteiger partial charge in [0.2, 0.25) is 0 Å². The zero-order valence-electron chi connectivity index (χ0n) is 11.1. The molecule has 92 valence electrons. The van der Waals surface area contributed by atoms with Gasteiger partial charge in [0, 0.05) is 0 Å². The molecule has 15 heavy (non-hydrogen) atoms. The lowest BCUT2D eigenvalue weighted by molar-refractivity contribution is 0.423. The van der Waals surface area contributed by atoms with Gasteiger partial charge in [-0.1, -0.05) is 65.2 Å². The second-order valence-corrected chi connectivity index (χ2v) is 4.74. The van der Waals surface area contributed by atoms with E-state index in [2.05, 4.69) is 26.2 Å². The van der Waals surface area contributed by atoms with Crippen LogP contribution in [0, 0.1) is 5.92 Å². The fourth-order valence-electron chi connectivity index (χ4n) is 2.13. The maximum absolute atomic E-state index is 3.29. The van der Waals surface area contributed by atoms with E-state index in [0.29, 0.717) is 0 Å². The highest BCUT2D eigenvalue weighted by molar-refractivity contribution is 4.59. The van der Waals surface area contributed by atoms with Crippen molar-refractivity contribution in [2.75, 3.05) is 13.6 Å². The summed E-state index contributed by atoms with van der Waals surface area (Å²) in [6.07, 6.45) is 12.8. The molecular weight excluding hydrogens is 182 g/mol. The van der Waals surface area contributed by atoms with Crippen LogP contribution in [0.3, 0.4) is 0 Å². The fraction of sp³-hybridized carbons (Fsp3) is 1.00. The van der Waals surface area contributed by atoms with Crippen molar-refractivity contribution >= 4 is 0 Å². The molecule has 0 saturated carbocycles. The predicted octanol–water partition coefficient (Wildman–Crippen LogP) is 4.37. The van der Waals surface area contributed by atoms with Gasteiger partial charge in [0.05, 0.1) is 0 Å². The van der Waals surface area contributed by atoms with Gasteiger partial charge < -0.3 is 5.32 Å². The summed E-state index contributed by atoms with van der Waals surface area (Å²) in [5.41, 5.74) is 0. The van der Waals surface area contributed by atoms with Gasteiger partial charge in [-0.15, -0.1) is 0 Å². The molecule has 0 saturated heterocycles. The first-order chi connectivity index (χ1) is 7.35. The van der Waals surface area contributed by atoms with Crippen molar-refractivity contribution in [3.63, 3.8) is 0 Å². The first-order valence-corrected chi connectivity index (χ1v) is 6.99. The average Bonchev–Trinajstić information content (AvgIpc) is 2.26. The Bertz CT molecular complexity index is 112. The van der Waals surface area contributed by atoms with E-state index in [9.17, 15) is 0 Å². The van der Waals surface area contributed by atoms with Gasteiger partial charge in [-0.05, 0) is 25.9 Å². The lowest BCUT2D eigenvalue weighted by atomic mass is 9.98. The van der Waals surface area contributed by atoms with Crippen LogP contribution in [-0.4, -0.2) is 13.6 Å². The van der Waals surface area contributed by atoms with E-state index in [1.165, 1.54) is 64.3 Å². The Balaban J connectivity index is 3.14. The van der Waals surface area contributed by atoms with E-state index < -0.39 is 0 Å². The van der Waals surface area contributed by atoms with Crippen molar-refractivity contribution in [1.82, 2.24) is 5.32 Å². The van der Waals surface area contributed by atoms with E-state index in [-0.39, 0.29) is 0 Å². The smallest absolute Gasteiger partial charge is 0.00236 e. The highest BCUT2D eigenvalue weighted by Crippen LogP contribution is 2.14. The Morgan fingerprint density at radius 3 is 2.00 bits per heavy atom. The molecule has 0 rings (SSSR count). The lowest BCUT2D eigenvalue weighted by Gasteiger charge is -2.13. The van der Waals surface area contributed by atoms with Crippen molar-refractivity contribution in [3.8, 4) is 0 Å². The van der Waals surface area contributed by atoms with Gasteiger partial charge in [0.1, 0.15) is 0 Å². The Morgan fingerprint density at radius 1 is 0.867 bits per heavy atom. The molecule has 0 aromatic heterocycles. The molecule has 0 aliphatic rings. The van der Waals surface area contributed by atoms with Gasteiger partial charge >= 0.3 is 0 Å². The molecule has 0 aliphatic carbocycles. The summed E-state index contributed by atoms with van der Waals surface area (Å²) < 4.78 is 0. The summed E-state index contributed by atoms with van der Waals surface area (Å²) in [5, 5.41) is 3.29. The van der Waals surface area contributed by atoms with Crippen LogP contribution >= 0.6 is 0 Å². The molecule has 1 atom stereocenters. The SMILES string of the molecule is CCCCCCCCCC(CC)CNC. The monoisotopic (exact) mass is 213 g/mol. The summed E-state index contributed by atoms with van der Waals surface area (Å²) >= 11 is 0. The summed E-state index contributed by atoms with van der Waals surface area (Å²) in [6, 6.07) is 0. The van der Waals surface area contributed by atoms with Crippen molar-refractivity contribution in [3.05, 3.63) is 0 Å². The maximum Gasteiger partial charge on any atom is -0.00236 e. The standard InChI is InChI=1S/C14H31N/c1-4-6-7-8-9-10-11-12-14(5-2)13-15-3/h14-15H,4-13H2,1-3H3. The molecule has 0 aliphatic heterocycles. The molecule has 0 aromatic carbocycles.